The monoisotopic (exact) mass is 670 g/mol. The van der Waals surface area contributed by atoms with Gasteiger partial charge in [-0.15, -0.1) is 11.3 Å². The molecule has 2 heterocycles. The molecule has 0 radical (unpaired) electrons. The number of guanidine groups is 1. The number of hydrogen-bond donors (Lipinski definition) is 4. The van der Waals surface area contributed by atoms with Crippen molar-refractivity contribution in [1.82, 2.24) is 10.3 Å². The number of hydrogen-bond acceptors (Lipinski definition) is 7. The first-order valence-electron chi connectivity index (χ1n) is 17.7. The second kappa shape index (κ2) is 12.1. The number of carboxylic acid groups (broad SMARTS) is 1. The number of allylic oxidation sites excluding steroid dienone is 1. The fourth-order valence-corrected chi connectivity index (χ4v) is 12.6. The molecule has 0 amide bonds. The van der Waals surface area contributed by atoms with Crippen LogP contribution >= 0.6 is 11.3 Å². The zero-order chi connectivity index (χ0) is 34.2. The molecule has 1 aromatic heterocycles. The molecule has 1 saturated heterocycles. The highest BCUT2D eigenvalue weighted by Crippen LogP contribution is 2.75. The minimum atomic E-state index is -0.620. The van der Waals surface area contributed by atoms with Crippen molar-refractivity contribution < 1.29 is 24.1 Å². The molecule has 5 N–H and O–H groups in total. The van der Waals surface area contributed by atoms with Crippen LogP contribution in [0.15, 0.2) is 17.0 Å². The smallest absolute Gasteiger partial charge is 0.307 e. The van der Waals surface area contributed by atoms with Gasteiger partial charge in [-0.05, 0) is 78.4 Å². The van der Waals surface area contributed by atoms with E-state index in [0.717, 1.165) is 49.2 Å². The van der Waals surface area contributed by atoms with Crippen molar-refractivity contribution in [3.8, 4) is 0 Å². The fraction of sp³-hybridized carbons (Fsp3) is 0.811. The number of nitrogens with one attached hydrogen (secondary N) is 2. The van der Waals surface area contributed by atoms with Gasteiger partial charge in [0.15, 0.2) is 5.96 Å². The van der Waals surface area contributed by atoms with Gasteiger partial charge in [0.05, 0.1) is 50.2 Å². The van der Waals surface area contributed by atoms with Gasteiger partial charge in [0, 0.05) is 23.3 Å². The van der Waals surface area contributed by atoms with Gasteiger partial charge in [0.25, 0.3) is 0 Å². The van der Waals surface area contributed by atoms with Crippen molar-refractivity contribution in [3.63, 3.8) is 0 Å². The summed E-state index contributed by atoms with van der Waals surface area (Å²) in [5, 5.41) is 24.1. The van der Waals surface area contributed by atoms with Gasteiger partial charge >= 0.3 is 5.97 Å². The maximum atomic E-state index is 13.4. The number of ether oxygens (including phenoxy) is 3. The van der Waals surface area contributed by atoms with Crippen LogP contribution < -0.4 is 11.1 Å². The van der Waals surface area contributed by atoms with Gasteiger partial charge in [-0.3, -0.25) is 10.2 Å². The maximum absolute atomic E-state index is 13.4. The van der Waals surface area contributed by atoms with Crippen LogP contribution in [0.2, 0.25) is 0 Å². The summed E-state index contributed by atoms with van der Waals surface area (Å²) in [6.07, 6.45) is 8.06. The standard InChI is InChI=1S/C37H58N4O5S/c1-21(2)22(3)33(4)13-14-35(6)24-9-10-27-34(5)19-45-20-37(27,25(24)11-12-36(35,7)29(33)31(42)43)15-26(44-8)30(34)46-17-23-18-47-28(41-23)16-40-32(38)39/h11,18,21-22,24,26-27,29-30H,9-10,12-17,19-20H2,1-8H3,(H,42,43)(H4,38,39,40)/t22-,24+,26-,27?,29-,30+,33-,34+,35-,36+,37+/m1/s1. The van der Waals surface area contributed by atoms with Crippen LogP contribution in [0.25, 0.3) is 0 Å². The van der Waals surface area contributed by atoms with E-state index in [4.69, 9.17) is 30.3 Å². The zero-order valence-corrected chi connectivity index (χ0v) is 30.6. The Hall–Kier alpha value is -2.01. The number of carboxylic acids is 1. The molecule has 11 atom stereocenters. The number of rotatable bonds is 9. The van der Waals surface area contributed by atoms with Gasteiger partial charge in [0.1, 0.15) is 5.01 Å². The Labute approximate surface area is 285 Å². The van der Waals surface area contributed by atoms with E-state index in [2.05, 4.69) is 59.9 Å². The molecule has 0 spiro atoms. The van der Waals surface area contributed by atoms with E-state index in [1.54, 1.807) is 0 Å². The molecule has 5 aliphatic rings. The first-order valence-corrected chi connectivity index (χ1v) is 18.6. The molecule has 262 valence electrons. The first-order chi connectivity index (χ1) is 22.1. The van der Waals surface area contributed by atoms with E-state index >= 15 is 0 Å². The molecule has 1 unspecified atom stereocenters. The van der Waals surface area contributed by atoms with E-state index in [1.807, 2.05) is 12.5 Å². The Bertz CT molecular complexity index is 1410. The van der Waals surface area contributed by atoms with Crippen LogP contribution in [0.4, 0.5) is 0 Å². The summed E-state index contributed by atoms with van der Waals surface area (Å²) in [7, 11) is 1.82. The lowest BCUT2D eigenvalue weighted by Gasteiger charge is -2.71. The SMILES string of the molecule is CO[C@@H]1C[C@@]23COC[C@@](C)(C2CC[C@H]2C3=CC[C@@]3(C)[C@H](C(=O)O)[C@@](C)([C@H](C)C(C)C)CC[C@]23C)[C@H]1OCc1csc(CNC(=N)N)n1. The molecule has 47 heavy (non-hydrogen) atoms. The lowest BCUT2D eigenvalue weighted by Crippen LogP contribution is -2.70. The van der Waals surface area contributed by atoms with Crippen molar-refractivity contribution in [1.29, 1.82) is 5.41 Å². The van der Waals surface area contributed by atoms with Crippen LogP contribution in [0.1, 0.15) is 97.7 Å². The summed E-state index contributed by atoms with van der Waals surface area (Å²) in [5.74, 6) is 0.395. The predicted octanol–water partition coefficient (Wildman–Crippen LogP) is 6.61. The third-order valence-electron chi connectivity index (χ3n) is 14.8. The topological polar surface area (TPSA) is 140 Å². The first kappa shape index (κ1) is 34.8. The minimum absolute atomic E-state index is 0.0670. The van der Waals surface area contributed by atoms with Crippen LogP contribution in [-0.2, 0) is 32.2 Å². The molecule has 9 nitrogen and oxygen atoms in total. The molecule has 1 aromatic rings. The normalized spacial score (nSPS) is 43.3. The highest BCUT2D eigenvalue weighted by atomic mass is 32.1. The number of methoxy groups -OCH3 is 1. The van der Waals surface area contributed by atoms with Crippen molar-refractivity contribution in [2.75, 3.05) is 20.3 Å². The van der Waals surface area contributed by atoms with Crippen LogP contribution in [-0.4, -0.2) is 54.6 Å². The van der Waals surface area contributed by atoms with Crippen molar-refractivity contribution in [2.45, 2.75) is 112 Å². The van der Waals surface area contributed by atoms with Gasteiger partial charge < -0.3 is 30.4 Å². The molecule has 10 heteroatoms. The molecule has 0 aromatic carbocycles. The number of aromatic nitrogens is 1. The van der Waals surface area contributed by atoms with E-state index < -0.39 is 11.9 Å². The summed E-state index contributed by atoms with van der Waals surface area (Å²) in [5.41, 5.74) is 6.78. The van der Waals surface area contributed by atoms with Gasteiger partial charge in [-0.25, -0.2) is 4.98 Å². The lowest BCUT2D eigenvalue weighted by molar-refractivity contribution is -0.269. The Morgan fingerprint density at radius 3 is 2.60 bits per heavy atom. The van der Waals surface area contributed by atoms with E-state index in [0.29, 0.717) is 50.0 Å². The molecule has 4 aliphatic carbocycles. The van der Waals surface area contributed by atoms with Crippen LogP contribution in [0.5, 0.6) is 0 Å². The van der Waals surface area contributed by atoms with Gasteiger partial charge in [0.2, 0.25) is 0 Å². The molecule has 2 bridgehead atoms. The molecular formula is C37H58N4O5S. The minimum Gasteiger partial charge on any atom is -0.481 e. The molecule has 4 fully saturated rings. The van der Waals surface area contributed by atoms with Crippen molar-refractivity contribution in [2.24, 2.45) is 62.4 Å². The summed E-state index contributed by atoms with van der Waals surface area (Å²) in [6, 6.07) is 0. The van der Waals surface area contributed by atoms with Gasteiger partial charge in [-0.1, -0.05) is 60.1 Å². The van der Waals surface area contributed by atoms with E-state index in [9.17, 15) is 9.90 Å². The number of nitrogens with two attached hydrogens (primary N) is 1. The molecule has 1 aliphatic heterocycles. The Kier molecular flexibility index (Phi) is 8.96. The second-order valence-corrected chi connectivity index (χ2v) is 18.0. The summed E-state index contributed by atoms with van der Waals surface area (Å²) < 4.78 is 19.7. The average Bonchev–Trinajstić information content (AvgIpc) is 3.46. The maximum Gasteiger partial charge on any atom is 0.307 e. The number of fused-ring (bicyclic) bond motifs is 3. The Morgan fingerprint density at radius 1 is 1.19 bits per heavy atom. The fourth-order valence-electron chi connectivity index (χ4n) is 11.9. The van der Waals surface area contributed by atoms with Crippen LogP contribution in [0.3, 0.4) is 0 Å². The third-order valence-corrected chi connectivity index (χ3v) is 15.7. The van der Waals surface area contributed by atoms with E-state index in [-0.39, 0.29) is 45.2 Å². The van der Waals surface area contributed by atoms with Gasteiger partial charge in [-0.2, -0.15) is 0 Å². The summed E-state index contributed by atoms with van der Waals surface area (Å²) >= 11 is 1.54. The number of carbonyl (C=O) groups is 1. The number of thiazole rings is 1. The Morgan fingerprint density at radius 2 is 1.94 bits per heavy atom. The quantitative estimate of drug-likeness (QED) is 0.131. The summed E-state index contributed by atoms with van der Waals surface area (Å²) in [4.78, 5) is 18.1. The summed E-state index contributed by atoms with van der Waals surface area (Å²) in [6.45, 7) is 18.3. The van der Waals surface area contributed by atoms with E-state index in [1.165, 1.54) is 16.9 Å². The molecule has 6 rings (SSSR count). The van der Waals surface area contributed by atoms with Crippen molar-refractivity contribution >= 4 is 23.3 Å². The highest BCUT2D eigenvalue weighted by molar-refractivity contribution is 7.09. The average molecular weight is 671 g/mol. The number of aliphatic carboxylic acids is 1. The predicted molar refractivity (Wildman–Crippen MR) is 184 cm³/mol. The molecular weight excluding hydrogens is 612 g/mol. The Balaban J connectivity index is 1.31. The second-order valence-electron chi connectivity index (χ2n) is 17.1. The third kappa shape index (κ3) is 5.13. The van der Waals surface area contributed by atoms with Crippen molar-refractivity contribution in [3.05, 3.63) is 27.7 Å². The highest BCUT2D eigenvalue weighted by Gasteiger charge is 2.71. The molecule has 3 saturated carbocycles. The number of nitrogens with zero attached hydrogens (tertiary/aromatic N) is 1. The largest absolute Gasteiger partial charge is 0.481 e. The van der Waals surface area contributed by atoms with Crippen LogP contribution in [0, 0.1) is 62.1 Å². The zero-order valence-electron chi connectivity index (χ0n) is 29.8. The lowest BCUT2D eigenvalue weighted by atomic mass is 9.34.